The Balaban J connectivity index is 1.88. The van der Waals surface area contributed by atoms with Gasteiger partial charge in [-0.25, -0.2) is 0 Å². The van der Waals surface area contributed by atoms with Crippen molar-refractivity contribution < 1.29 is 0 Å². The number of rotatable bonds is 4. The van der Waals surface area contributed by atoms with E-state index in [1.807, 2.05) is 0 Å². The average Bonchev–Trinajstić information content (AvgIpc) is 2.92. The summed E-state index contributed by atoms with van der Waals surface area (Å²) in [6.45, 7) is 3.46. The maximum Gasteiger partial charge on any atom is 0.0351 e. The number of nitrogens with one attached hydrogen (secondary N) is 1. The summed E-state index contributed by atoms with van der Waals surface area (Å²) in [6.07, 6.45) is 3.51. The highest BCUT2D eigenvalue weighted by molar-refractivity contribution is 7.98. The van der Waals surface area contributed by atoms with E-state index in [4.69, 9.17) is 0 Å². The molecule has 2 rings (SSSR count). The van der Waals surface area contributed by atoms with Gasteiger partial charge in [0.05, 0.1) is 0 Å². The molecular weight excluding hydrogens is 190 g/mol. The molecule has 1 aromatic carbocycles. The van der Waals surface area contributed by atoms with Gasteiger partial charge in [-0.2, -0.15) is 0 Å². The van der Waals surface area contributed by atoms with E-state index in [2.05, 4.69) is 42.8 Å². The van der Waals surface area contributed by atoms with Gasteiger partial charge in [-0.3, -0.25) is 0 Å². The summed E-state index contributed by atoms with van der Waals surface area (Å²) < 4.78 is 0. The van der Waals surface area contributed by atoms with Crippen LogP contribution in [0.25, 0.3) is 0 Å². The lowest BCUT2D eigenvalue weighted by Crippen LogP contribution is -2.03. The van der Waals surface area contributed by atoms with Crippen LogP contribution in [-0.2, 0) is 0 Å². The van der Waals surface area contributed by atoms with Crippen LogP contribution < -0.4 is 5.32 Å². The van der Waals surface area contributed by atoms with Crippen LogP contribution in [0.15, 0.2) is 29.2 Å². The number of hydrogen-bond acceptors (Lipinski definition) is 2. The van der Waals surface area contributed by atoms with Crippen LogP contribution >= 0.6 is 11.8 Å². The zero-order valence-corrected chi connectivity index (χ0v) is 9.60. The lowest BCUT2D eigenvalue weighted by Gasteiger charge is -2.06. The summed E-state index contributed by atoms with van der Waals surface area (Å²) in [6, 6.07) is 8.63. The molecule has 1 aromatic rings. The fourth-order valence-electron chi connectivity index (χ4n) is 1.67. The maximum atomic E-state index is 3.50. The lowest BCUT2D eigenvalue weighted by atomic mass is 10.3. The Labute approximate surface area is 90.3 Å². The molecule has 1 aliphatic rings. The normalized spacial score (nSPS) is 24.7. The first-order chi connectivity index (χ1) is 6.79. The van der Waals surface area contributed by atoms with E-state index in [-0.39, 0.29) is 0 Å². The smallest absolute Gasteiger partial charge is 0.0351 e. The van der Waals surface area contributed by atoms with Gasteiger partial charge in [0.25, 0.3) is 0 Å². The number of benzene rings is 1. The Hall–Kier alpha value is -0.630. The molecule has 0 radical (unpaired) electrons. The molecule has 1 saturated carbocycles. The molecule has 0 bridgehead atoms. The SMILES string of the molecule is CSc1cccc(NCC2CC2C)c1. The first-order valence-electron chi connectivity index (χ1n) is 5.17. The van der Waals surface area contributed by atoms with Crippen LogP contribution in [0.1, 0.15) is 13.3 Å². The molecule has 1 aliphatic carbocycles. The monoisotopic (exact) mass is 207 g/mol. The zero-order chi connectivity index (χ0) is 9.97. The molecule has 0 heterocycles. The van der Waals surface area contributed by atoms with Crippen LogP contribution in [0.5, 0.6) is 0 Å². The molecule has 0 aromatic heterocycles. The standard InChI is InChI=1S/C12H17NS/c1-9-6-10(9)8-13-11-4-3-5-12(7-11)14-2/h3-5,7,9-10,13H,6,8H2,1-2H3. The minimum atomic E-state index is 0.910. The predicted octanol–water partition coefficient (Wildman–Crippen LogP) is 3.48. The van der Waals surface area contributed by atoms with E-state index < -0.39 is 0 Å². The third-order valence-corrected chi connectivity index (χ3v) is 3.64. The Morgan fingerprint density at radius 2 is 2.29 bits per heavy atom. The Kier molecular flexibility index (Phi) is 3.02. The first-order valence-corrected chi connectivity index (χ1v) is 6.40. The number of hydrogen-bond donors (Lipinski definition) is 1. The van der Waals surface area contributed by atoms with Crippen LogP contribution in [0.2, 0.25) is 0 Å². The van der Waals surface area contributed by atoms with Crippen molar-refractivity contribution >= 4 is 17.4 Å². The van der Waals surface area contributed by atoms with Crippen molar-refractivity contribution in [2.24, 2.45) is 11.8 Å². The van der Waals surface area contributed by atoms with Crippen molar-refractivity contribution in [1.29, 1.82) is 0 Å². The largest absolute Gasteiger partial charge is 0.385 e. The van der Waals surface area contributed by atoms with Gasteiger partial charge in [-0.15, -0.1) is 11.8 Å². The predicted molar refractivity (Wildman–Crippen MR) is 64.0 cm³/mol. The van der Waals surface area contributed by atoms with E-state index in [9.17, 15) is 0 Å². The van der Waals surface area contributed by atoms with E-state index in [1.165, 1.54) is 17.0 Å². The summed E-state index contributed by atoms with van der Waals surface area (Å²) >= 11 is 1.79. The Bertz CT molecular complexity index is 311. The molecule has 1 fully saturated rings. The molecule has 2 unspecified atom stereocenters. The second-order valence-electron chi connectivity index (χ2n) is 4.09. The summed E-state index contributed by atoms with van der Waals surface area (Å²) in [5, 5.41) is 3.50. The second kappa shape index (κ2) is 4.26. The van der Waals surface area contributed by atoms with Crippen molar-refractivity contribution in [3.8, 4) is 0 Å². The molecule has 0 amide bonds. The van der Waals surface area contributed by atoms with E-state index >= 15 is 0 Å². The van der Waals surface area contributed by atoms with Crippen molar-refractivity contribution in [2.45, 2.75) is 18.2 Å². The molecule has 76 valence electrons. The third-order valence-electron chi connectivity index (χ3n) is 2.91. The molecule has 2 atom stereocenters. The van der Waals surface area contributed by atoms with Gasteiger partial charge in [0, 0.05) is 17.1 Å². The van der Waals surface area contributed by atoms with Gasteiger partial charge in [0.2, 0.25) is 0 Å². The minimum absolute atomic E-state index is 0.910. The number of anilines is 1. The molecule has 0 spiro atoms. The van der Waals surface area contributed by atoms with Crippen LogP contribution in [0.3, 0.4) is 0 Å². The molecule has 1 N–H and O–H groups in total. The topological polar surface area (TPSA) is 12.0 Å². The maximum absolute atomic E-state index is 3.50. The van der Waals surface area contributed by atoms with Gasteiger partial charge in [-0.1, -0.05) is 13.0 Å². The average molecular weight is 207 g/mol. The molecule has 0 saturated heterocycles. The van der Waals surface area contributed by atoms with Crippen molar-refractivity contribution in [3.63, 3.8) is 0 Å². The van der Waals surface area contributed by atoms with Gasteiger partial charge < -0.3 is 5.32 Å². The quantitative estimate of drug-likeness (QED) is 0.759. The summed E-state index contributed by atoms with van der Waals surface area (Å²) in [4.78, 5) is 1.33. The van der Waals surface area contributed by atoms with Crippen LogP contribution in [0, 0.1) is 11.8 Å². The van der Waals surface area contributed by atoms with E-state index in [0.29, 0.717) is 0 Å². The highest BCUT2D eigenvalue weighted by Crippen LogP contribution is 2.37. The molecular formula is C12H17NS. The lowest BCUT2D eigenvalue weighted by molar-refractivity contribution is 0.787. The summed E-state index contributed by atoms with van der Waals surface area (Å²) in [5.41, 5.74) is 1.26. The molecule has 0 aliphatic heterocycles. The fraction of sp³-hybridized carbons (Fsp3) is 0.500. The molecule has 2 heteroatoms. The van der Waals surface area contributed by atoms with Gasteiger partial charge in [0.15, 0.2) is 0 Å². The Morgan fingerprint density at radius 3 is 2.93 bits per heavy atom. The van der Waals surface area contributed by atoms with E-state index in [0.717, 1.165) is 18.4 Å². The first kappa shape index (κ1) is 9.91. The zero-order valence-electron chi connectivity index (χ0n) is 8.79. The van der Waals surface area contributed by atoms with Crippen molar-refractivity contribution in [2.75, 3.05) is 18.1 Å². The van der Waals surface area contributed by atoms with Gasteiger partial charge in [0.1, 0.15) is 0 Å². The van der Waals surface area contributed by atoms with Crippen LogP contribution in [0.4, 0.5) is 5.69 Å². The van der Waals surface area contributed by atoms with Crippen molar-refractivity contribution in [3.05, 3.63) is 24.3 Å². The summed E-state index contributed by atoms with van der Waals surface area (Å²) in [5.74, 6) is 1.85. The fourth-order valence-corrected chi connectivity index (χ4v) is 2.12. The second-order valence-corrected chi connectivity index (χ2v) is 4.97. The van der Waals surface area contributed by atoms with Crippen molar-refractivity contribution in [1.82, 2.24) is 0 Å². The molecule has 1 nitrogen and oxygen atoms in total. The van der Waals surface area contributed by atoms with Gasteiger partial charge in [-0.05, 0) is 42.7 Å². The van der Waals surface area contributed by atoms with E-state index in [1.54, 1.807) is 11.8 Å². The van der Waals surface area contributed by atoms with Gasteiger partial charge >= 0.3 is 0 Å². The Morgan fingerprint density at radius 1 is 1.50 bits per heavy atom. The number of thioether (sulfide) groups is 1. The molecule has 14 heavy (non-hydrogen) atoms. The van der Waals surface area contributed by atoms with Crippen LogP contribution in [-0.4, -0.2) is 12.8 Å². The minimum Gasteiger partial charge on any atom is -0.385 e. The third kappa shape index (κ3) is 2.44. The highest BCUT2D eigenvalue weighted by atomic mass is 32.2. The summed E-state index contributed by atoms with van der Waals surface area (Å²) in [7, 11) is 0. The highest BCUT2D eigenvalue weighted by Gasteiger charge is 2.31.